The van der Waals surface area contributed by atoms with Crippen LogP contribution in [0.3, 0.4) is 0 Å². The molecule has 0 amide bonds. The molecule has 64 heavy (non-hydrogen) atoms. The average Bonchev–Trinajstić information content (AvgIpc) is 3.22. The second kappa shape index (κ2) is 18.1. The highest BCUT2D eigenvalue weighted by molar-refractivity contribution is 7.86. The van der Waals surface area contributed by atoms with Gasteiger partial charge in [0.1, 0.15) is 21.4 Å². The van der Waals surface area contributed by atoms with E-state index in [0.717, 1.165) is 12.1 Å². The second-order valence-electron chi connectivity index (χ2n) is 14.7. The number of fused-ring (bicyclic) bond motifs is 2. The number of hydrogen-bond acceptors (Lipinski definition) is 17. The highest BCUT2D eigenvalue weighted by atomic mass is 32.2. The Kier molecular flexibility index (Phi) is 13.6. The fourth-order valence-corrected chi connectivity index (χ4v) is 11.7. The molecule has 24 heteroatoms. The van der Waals surface area contributed by atoms with Crippen LogP contribution in [0.2, 0.25) is 6.04 Å². The van der Waals surface area contributed by atoms with E-state index in [1.165, 1.54) is 77.6 Å². The molecule has 5 aromatic rings. The Morgan fingerprint density at radius 3 is 1.88 bits per heavy atom. The lowest BCUT2D eigenvalue weighted by molar-refractivity contribution is 0.0980. The van der Waals surface area contributed by atoms with E-state index in [2.05, 4.69) is 25.6 Å². The summed E-state index contributed by atoms with van der Waals surface area (Å²) in [6.45, 7) is 4.40. The fourth-order valence-electron chi connectivity index (χ4n) is 7.74. The number of nitrogen functional groups attached to an aromatic ring is 1. The van der Waals surface area contributed by atoms with Gasteiger partial charge in [0.2, 0.25) is 5.95 Å². The van der Waals surface area contributed by atoms with Gasteiger partial charge in [-0.05, 0) is 80.1 Å². The molecule has 0 fully saturated rings. The van der Waals surface area contributed by atoms with Gasteiger partial charge < -0.3 is 29.6 Å². The summed E-state index contributed by atoms with van der Waals surface area (Å²) in [5.41, 5.74) is 4.99. The zero-order valence-electron chi connectivity index (χ0n) is 35.2. The minimum Gasteiger partial charge on any atom is -0.397 e. The molecule has 0 bridgehead atoms. The molecule has 1 aliphatic carbocycles. The zero-order chi connectivity index (χ0) is 47.1. The topological polar surface area (TPSA) is 314 Å². The van der Waals surface area contributed by atoms with Crippen LogP contribution >= 0.6 is 0 Å². The predicted molar refractivity (Wildman–Crippen MR) is 234 cm³/mol. The Labute approximate surface area is 370 Å². The van der Waals surface area contributed by atoms with Crippen molar-refractivity contribution in [2.75, 3.05) is 37.7 Å². The van der Waals surface area contributed by atoms with Crippen molar-refractivity contribution in [3.63, 3.8) is 0 Å². The van der Waals surface area contributed by atoms with Crippen molar-refractivity contribution < 1.29 is 61.8 Å². The van der Waals surface area contributed by atoms with Gasteiger partial charge >= 0.3 is 8.80 Å². The first kappa shape index (κ1) is 47.9. The minimum absolute atomic E-state index is 0.0176. The van der Waals surface area contributed by atoms with Gasteiger partial charge in [-0.2, -0.15) is 35.2 Å². The number of unbranched alkanes of at least 4 members (excludes halogenated alkanes) is 1. The number of carbonyl (C=O) groups is 2. The molecule has 0 unspecified atom stereocenters. The van der Waals surface area contributed by atoms with Crippen LogP contribution in [-0.4, -0.2) is 95.6 Å². The molecule has 4 aromatic carbocycles. The van der Waals surface area contributed by atoms with Gasteiger partial charge in [0.15, 0.2) is 11.6 Å². The largest absolute Gasteiger partial charge is 0.500 e. The molecule has 0 saturated heterocycles. The number of hydrogen-bond donors (Lipinski definition) is 6. The summed E-state index contributed by atoms with van der Waals surface area (Å²) in [5, 5.41) is 5.88. The summed E-state index contributed by atoms with van der Waals surface area (Å²) < 4.78 is 123. The lowest BCUT2D eigenvalue weighted by Gasteiger charge is -2.26. The monoisotopic (exact) mass is 956 g/mol. The van der Waals surface area contributed by atoms with Crippen LogP contribution in [0.15, 0.2) is 69.3 Å². The van der Waals surface area contributed by atoms with Crippen molar-refractivity contribution >= 4 is 79.4 Å². The third-order valence-corrected chi connectivity index (χ3v) is 16.6. The van der Waals surface area contributed by atoms with Crippen molar-refractivity contribution in [2.24, 2.45) is 0 Å². The van der Waals surface area contributed by atoms with Gasteiger partial charge in [-0.15, -0.1) is 0 Å². The number of aryl methyl sites for hydroxylation is 1. The number of nitrogens with two attached hydrogens (primary N) is 1. The number of rotatable bonds is 17. The lowest BCUT2D eigenvalue weighted by atomic mass is 9.82. The van der Waals surface area contributed by atoms with E-state index in [1.807, 2.05) is 0 Å². The molecule has 0 atom stereocenters. The third-order valence-electron chi connectivity index (χ3n) is 10.8. The van der Waals surface area contributed by atoms with E-state index in [-0.39, 0.29) is 80.9 Å². The Bertz CT molecular complexity index is 3060. The summed E-state index contributed by atoms with van der Waals surface area (Å²) in [6, 6.07) is 12.4. The predicted octanol–water partition coefficient (Wildman–Crippen LogP) is 5.17. The molecular formula is C40H44N6O14S3Si. The zero-order valence-corrected chi connectivity index (χ0v) is 38.7. The summed E-state index contributed by atoms with van der Waals surface area (Å²) in [6.07, 6.45) is 1.13. The molecule has 0 saturated carbocycles. The minimum atomic E-state index is -5.12. The van der Waals surface area contributed by atoms with Crippen molar-refractivity contribution in [1.82, 2.24) is 15.0 Å². The van der Waals surface area contributed by atoms with E-state index >= 15 is 0 Å². The maximum absolute atomic E-state index is 14.1. The average molecular weight is 957 g/mol. The van der Waals surface area contributed by atoms with Crippen LogP contribution in [0.5, 0.6) is 0 Å². The Morgan fingerprint density at radius 2 is 1.30 bits per heavy atom. The highest BCUT2D eigenvalue weighted by Crippen LogP contribution is 2.43. The van der Waals surface area contributed by atoms with Crippen LogP contribution in [0.1, 0.15) is 78.6 Å². The maximum atomic E-state index is 14.1. The molecule has 1 heterocycles. The first-order chi connectivity index (χ1) is 29.9. The molecule has 0 spiro atoms. The van der Waals surface area contributed by atoms with Crippen molar-refractivity contribution in [3.8, 4) is 0 Å². The summed E-state index contributed by atoms with van der Waals surface area (Å²) in [4.78, 5) is 39.9. The molecule has 0 radical (unpaired) electrons. The number of carbonyl (C=O) groups excluding carboxylic acids is 2. The van der Waals surface area contributed by atoms with E-state index in [4.69, 9.17) is 19.0 Å². The number of benzene rings is 4. The Morgan fingerprint density at radius 1 is 0.688 bits per heavy atom. The molecule has 1 aliphatic rings. The van der Waals surface area contributed by atoms with Gasteiger partial charge in [0.05, 0.1) is 27.4 Å². The van der Waals surface area contributed by atoms with Crippen LogP contribution in [0, 0.1) is 20.8 Å². The molecule has 1 aromatic heterocycles. The van der Waals surface area contributed by atoms with Gasteiger partial charge in [0, 0.05) is 62.7 Å². The van der Waals surface area contributed by atoms with Crippen LogP contribution in [-0.2, 0) is 56.5 Å². The number of ketones is 2. The highest BCUT2D eigenvalue weighted by Gasteiger charge is 2.38. The first-order valence-corrected chi connectivity index (χ1v) is 25.4. The third kappa shape index (κ3) is 9.60. The Hall–Kier alpha value is -5.54. The lowest BCUT2D eigenvalue weighted by Crippen LogP contribution is -2.42. The van der Waals surface area contributed by atoms with Gasteiger partial charge in [0.25, 0.3) is 30.4 Å². The number of nitrogens with one attached hydrogen (secondary N) is 2. The van der Waals surface area contributed by atoms with E-state index < -0.39 is 76.7 Å². The summed E-state index contributed by atoms with van der Waals surface area (Å²) >= 11 is 0. The van der Waals surface area contributed by atoms with Crippen LogP contribution in [0.25, 0.3) is 0 Å². The van der Waals surface area contributed by atoms with Gasteiger partial charge in [-0.25, -0.2) is 4.98 Å². The molecular weight excluding hydrogens is 913 g/mol. The molecule has 7 N–H and O–H groups in total. The van der Waals surface area contributed by atoms with Crippen LogP contribution < -0.4 is 16.4 Å². The number of anilines is 5. The molecule has 6 rings (SSSR count). The van der Waals surface area contributed by atoms with E-state index in [0.29, 0.717) is 24.4 Å². The normalized spacial score (nSPS) is 13.1. The van der Waals surface area contributed by atoms with E-state index in [1.54, 1.807) is 6.92 Å². The van der Waals surface area contributed by atoms with Crippen molar-refractivity contribution in [2.45, 2.75) is 67.2 Å². The second-order valence-corrected chi connectivity index (χ2v) is 22.0. The van der Waals surface area contributed by atoms with Gasteiger partial charge in [-0.3, -0.25) is 23.2 Å². The van der Waals surface area contributed by atoms with Crippen molar-refractivity contribution in [1.29, 1.82) is 0 Å². The quantitative estimate of drug-likeness (QED) is 0.0297. The van der Waals surface area contributed by atoms with Crippen molar-refractivity contribution in [3.05, 3.63) is 111 Å². The summed E-state index contributed by atoms with van der Waals surface area (Å²) in [5.74, 6) is -1.23. The fraction of sp³-hybridized carbons (Fsp3) is 0.275. The van der Waals surface area contributed by atoms with Crippen LogP contribution in [0.4, 0.5) is 28.7 Å². The maximum Gasteiger partial charge on any atom is 0.500 e. The number of nitrogens with zero attached hydrogens (tertiary/aromatic N) is 3. The van der Waals surface area contributed by atoms with Gasteiger partial charge in [-0.1, -0.05) is 30.3 Å². The first-order valence-electron chi connectivity index (χ1n) is 19.2. The molecule has 20 nitrogen and oxygen atoms in total. The SMILES string of the molecule is CO[Si](CCCCc1nc(Cc2c(C)c(Nc3cc(S(=O)(=O)O)c(N)c4c3C(=O)c3ccccc3C4=O)c(C)c(S(=O)(=O)O)c2C)nc(Nc2cccc(S(=O)(=O)O)c2)n1)(OC)OC. The molecule has 340 valence electrons. The Balaban J connectivity index is 1.50. The summed E-state index contributed by atoms with van der Waals surface area (Å²) in [7, 11) is -13.1. The molecule has 0 aliphatic heterocycles. The number of aromatic nitrogens is 3. The van der Waals surface area contributed by atoms with E-state index in [9.17, 15) is 48.5 Å². The smallest absolute Gasteiger partial charge is 0.397 e. The standard InChI is InChI=1S/C40H44N6O14S3Si/c1-21-28(19-32-44-31(16-9-10-17-64(58-4,59-5)60-6)45-40(46-32)42-24-12-11-13-25(18-24)61(49,50)51)22(2)39(63(55,56)57)23(3)36(21)43-29-20-30(62(52,53)54)35(41)34-33(29)37(47)26-14-7-8-15-27(26)38(34)48/h7-8,11-15,18,20,43H,9-10,16-17,19,41H2,1-6H3,(H,49,50,51)(H,52,53,54)(H,55,56,57)(H,42,44,45,46).